The largest absolute Gasteiger partial charge is 0.329 e. The lowest BCUT2D eigenvalue weighted by Gasteiger charge is -2.20. The van der Waals surface area contributed by atoms with Gasteiger partial charge in [-0.3, -0.25) is 4.79 Å². The van der Waals surface area contributed by atoms with Crippen molar-refractivity contribution in [2.24, 2.45) is 0 Å². The van der Waals surface area contributed by atoms with E-state index in [4.69, 9.17) is 23.2 Å². The predicted molar refractivity (Wildman–Crippen MR) is 64.4 cm³/mol. The van der Waals surface area contributed by atoms with Gasteiger partial charge in [-0.05, 0) is 12.1 Å². The standard InChI is InChI=1S/C10H9Cl2NOS/c1-13-9(14)5-15-10(13)7-3-2-6(11)4-8(7)12/h2-4,10H,5H2,1H3. The normalized spacial score (nSPS) is 21.1. The van der Waals surface area contributed by atoms with E-state index in [1.54, 1.807) is 35.8 Å². The number of halogens is 2. The molecule has 0 radical (unpaired) electrons. The molecule has 2 nitrogen and oxygen atoms in total. The van der Waals surface area contributed by atoms with Gasteiger partial charge in [-0.1, -0.05) is 29.3 Å². The zero-order valence-corrected chi connectivity index (χ0v) is 10.4. The van der Waals surface area contributed by atoms with Crippen LogP contribution in [0.4, 0.5) is 0 Å². The fourth-order valence-corrected chi connectivity index (χ4v) is 3.30. The van der Waals surface area contributed by atoms with E-state index in [0.29, 0.717) is 15.8 Å². The molecule has 1 aromatic carbocycles. The fraction of sp³-hybridized carbons (Fsp3) is 0.300. The number of hydrogen-bond donors (Lipinski definition) is 0. The predicted octanol–water partition coefficient (Wildman–Crippen LogP) is 3.20. The highest BCUT2D eigenvalue weighted by Gasteiger charge is 2.30. The van der Waals surface area contributed by atoms with Crippen molar-refractivity contribution in [2.45, 2.75) is 5.37 Å². The van der Waals surface area contributed by atoms with Crippen molar-refractivity contribution in [3.63, 3.8) is 0 Å². The van der Waals surface area contributed by atoms with Crippen LogP contribution in [0.5, 0.6) is 0 Å². The first-order valence-corrected chi connectivity index (χ1v) is 6.22. The van der Waals surface area contributed by atoms with Gasteiger partial charge < -0.3 is 4.90 Å². The van der Waals surface area contributed by atoms with E-state index in [2.05, 4.69) is 0 Å². The zero-order valence-electron chi connectivity index (χ0n) is 8.04. The van der Waals surface area contributed by atoms with Crippen molar-refractivity contribution in [1.29, 1.82) is 0 Å². The second-order valence-electron chi connectivity index (χ2n) is 3.33. The van der Waals surface area contributed by atoms with Crippen LogP contribution in [-0.2, 0) is 4.79 Å². The Hall–Kier alpha value is -0.380. The SMILES string of the molecule is CN1C(=O)CSC1c1ccc(Cl)cc1Cl. The monoisotopic (exact) mass is 261 g/mol. The Morgan fingerprint density at radius 3 is 2.73 bits per heavy atom. The van der Waals surface area contributed by atoms with Crippen LogP contribution in [0.1, 0.15) is 10.9 Å². The molecule has 0 aliphatic carbocycles. The summed E-state index contributed by atoms with van der Waals surface area (Å²) in [5.41, 5.74) is 0.944. The number of carbonyl (C=O) groups excluding carboxylic acids is 1. The summed E-state index contributed by atoms with van der Waals surface area (Å²) in [5.74, 6) is 0.649. The number of nitrogens with zero attached hydrogens (tertiary/aromatic N) is 1. The summed E-state index contributed by atoms with van der Waals surface area (Å²) in [6, 6.07) is 5.37. The van der Waals surface area contributed by atoms with Crippen LogP contribution >= 0.6 is 35.0 Å². The molecule has 80 valence electrons. The van der Waals surface area contributed by atoms with E-state index in [-0.39, 0.29) is 11.3 Å². The van der Waals surface area contributed by atoms with Gasteiger partial charge in [-0.15, -0.1) is 11.8 Å². The number of amides is 1. The molecule has 15 heavy (non-hydrogen) atoms. The average Bonchev–Trinajstić information content (AvgIpc) is 2.49. The van der Waals surface area contributed by atoms with Crippen LogP contribution in [0.15, 0.2) is 18.2 Å². The Balaban J connectivity index is 2.34. The van der Waals surface area contributed by atoms with Gasteiger partial charge in [0.2, 0.25) is 5.91 Å². The van der Waals surface area contributed by atoms with E-state index in [9.17, 15) is 4.79 Å². The Bertz CT molecular complexity index is 410. The van der Waals surface area contributed by atoms with Crippen molar-refractivity contribution in [2.75, 3.05) is 12.8 Å². The molecule has 1 saturated heterocycles. The first-order chi connectivity index (χ1) is 7.09. The fourth-order valence-electron chi connectivity index (χ4n) is 1.49. The number of thioether (sulfide) groups is 1. The molecule has 1 heterocycles. The van der Waals surface area contributed by atoms with Crippen LogP contribution in [0, 0.1) is 0 Å². The van der Waals surface area contributed by atoms with Gasteiger partial charge in [-0.2, -0.15) is 0 Å². The molecule has 1 fully saturated rings. The Kier molecular flexibility index (Phi) is 3.14. The first kappa shape index (κ1) is 11.1. The van der Waals surface area contributed by atoms with Crippen molar-refractivity contribution in [3.05, 3.63) is 33.8 Å². The summed E-state index contributed by atoms with van der Waals surface area (Å²) >= 11 is 13.5. The molecule has 1 aliphatic heterocycles. The highest BCUT2D eigenvalue weighted by Crippen LogP contribution is 2.40. The second kappa shape index (κ2) is 4.24. The molecule has 1 amide bonds. The minimum absolute atomic E-state index is 0.0160. The maximum atomic E-state index is 11.4. The molecule has 2 rings (SSSR count). The first-order valence-electron chi connectivity index (χ1n) is 4.42. The summed E-state index contributed by atoms with van der Waals surface area (Å²) in [4.78, 5) is 13.1. The molecule has 1 aliphatic rings. The maximum Gasteiger partial charge on any atom is 0.233 e. The highest BCUT2D eigenvalue weighted by atomic mass is 35.5. The summed E-state index contributed by atoms with van der Waals surface area (Å²) in [6.07, 6.45) is 0. The third-order valence-electron chi connectivity index (χ3n) is 2.34. The minimum Gasteiger partial charge on any atom is -0.329 e. The van der Waals surface area contributed by atoms with Crippen LogP contribution in [0.2, 0.25) is 10.0 Å². The molecule has 5 heteroatoms. The summed E-state index contributed by atoms with van der Waals surface area (Å²) in [6.45, 7) is 0. The Morgan fingerprint density at radius 2 is 2.20 bits per heavy atom. The molecule has 0 bridgehead atoms. The highest BCUT2D eigenvalue weighted by molar-refractivity contribution is 8.00. The maximum absolute atomic E-state index is 11.4. The summed E-state index contributed by atoms with van der Waals surface area (Å²) in [7, 11) is 1.79. The van der Waals surface area contributed by atoms with Crippen LogP contribution in [-0.4, -0.2) is 23.6 Å². The Labute approximate surface area is 103 Å². The van der Waals surface area contributed by atoms with Crippen molar-refractivity contribution < 1.29 is 4.79 Å². The molecule has 0 saturated carbocycles. The van der Waals surface area contributed by atoms with Crippen molar-refractivity contribution in [1.82, 2.24) is 4.90 Å². The molecule has 0 N–H and O–H groups in total. The lowest BCUT2D eigenvalue weighted by molar-refractivity contribution is -0.126. The van der Waals surface area contributed by atoms with Crippen LogP contribution < -0.4 is 0 Å². The van der Waals surface area contributed by atoms with E-state index in [1.807, 2.05) is 6.07 Å². The molecule has 0 aromatic heterocycles. The molecule has 1 aromatic rings. The van der Waals surface area contributed by atoms with Gasteiger partial charge in [0.15, 0.2) is 0 Å². The number of carbonyl (C=O) groups is 1. The van der Waals surface area contributed by atoms with Gasteiger partial charge in [0.05, 0.1) is 5.75 Å². The van der Waals surface area contributed by atoms with E-state index >= 15 is 0 Å². The quantitative estimate of drug-likeness (QED) is 0.774. The van der Waals surface area contributed by atoms with E-state index in [1.165, 1.54) is 0 Å². The minimum atomic E-state index is 0.0160. The van der Waals surface area contributed by atoms with Crippen LogP contribution in [0.3, 0.4) is 0 Å². The van der Waals surface area contributed by atoms with Gasteiger partial charge in [0.25, 0.3) is 0 Å². The van der Waals surface area contributed by atoms with Gasteiger partial charge >= 0.3 is 0 Å². The Morgan fingerprint density at radius 1 is 1.47 bits per heavy atom. The summed E-state index contributed by atoms with van der Waals surface area (Å²) in [5, 5.41) is 1.24. The molecule has 0 spiro atoms. The zero-order chi connectivity index (χ0) is 11.0. The third kappa shape index (κ3) is 2.10. The number of rotatable bonds is 1. The van der Waals surface area contributed by atoms with E-state index < -0.39 is 0 Å². The lowest BCUT2D eigenvalue weighted by atomic mass is 10.2. The number of hydrogen-bond acceptors (Lipinski definition) is 2. The molecular weight excluding hydrogens is 253 g/mol. The van der Waals surface area contributed by atoms with Crippen molar-refractivity contribution >= 4 is 40.9 Å². The summed E-state index contributed by atoms with van der Waals surface area (Å²) < 4.78 is 0. The average molecular weight is 262 g/mol. The second-order valence-corrected chi connectivity index (χ2v) is 5.25. The molecule has 1 unspecified atom stereocenters. The van der Waals surface area contributed by atoms with Crippen LogP contribution in [0.25, 0.3) is 0 Å². The lowest BCUT2D eigenvalue weighted by Crippen LogP contribution is -2.23. The third-order valence-corrected chi connectivity index (χ3v) is 4.20. The van der Waals surface area contributed by atoms with E-state index in [0.717, 1.165) is 5.56 Å². The molecular formula is C10H9Cl2NOS. The van der Waals surface area contributed by atoms with Gasteiger partial charge in [0.1, 0.15) is 5.37 Å². The number of benzene rings is 1. The van der Waals surface area contributed by atoms with Gasteiger partial charge in [-0.25, -0.2) is 0 Å². The smallest absolute Gasteiger partial charge is 0.233 e. The molecule has 1 atom stereocenters. The topological polar surface area (TPSA) is 20.3 Å². The van der Waals surface area contributed by atoms with Crippen molar-refractivity contribution in [3.8, 4) is 0 Å². The van der Waals surface area contributed by atoms with Gasteiger partial charge in [0, 0.05) is 22.7 Å².